The van der Waals surface area contributed by atoms with Gasteiger partial charge in [-0.25, -0.2) is 0 Å². The van der Waals surface area contributed by atoms with E-state index < -0.39 is 0 Å². The van der Waals surface area contributed by atoms with E-state index in [1.165, 1.54) is 0 Å². The Hall–Kier alpha value is -0.650. The summed E-state index contributed by atoms with van der Waals surface area (Å²) in [6.07, 6.45) is 0.114. The molecular weight excluding hydrogens is 206 g/mol. The summed E-state index contributed by atoms with van der Waals surface area (Å²) in [7, 11) is 0. The molecule has 0 spiro atoms. The molecule has 1 aliphatic rings. The Bertz CT molecular complexity index is 223. The standard InChI is InChI=1S/C11H23N3O2/c1-3-14-4-5-16-10(8-14)7-13-11(15)9(2)6-12/h9-10H,3-8,12H2,1-2H3,(H,13,15). The van der Waals surface area contributed by atoms with E-state index in [1.807, 2.05) is 6.92 Å². The van der Waals surface area contributed by atoms with Gasteiger partial charge in [0, 0.05) is 32.1 Å². The Morgan fingerprint density at radius 2 is 2.44 bits per heavy atom. The van der Waals surface area contributed by atoms with Crippen LogP contribution >= 0.6 is 0 Å². The third-order valence-corrected chi connectivity index (χ3v) is 2.98. The van der Waals surface area contributed by atoms with Crippen LogP contribution < -0.4 is 11.1 Å². The SMILES string of the molecule is CCN1CCOC(CNC(=O)C(C)CN)C1. The molecule has 1 saturated heterocycles. The highest BCUT2D eigenvalue weighted by atomic mass is 16.5. The van der Waals surface area contributed by atoms with E-state index in [-0.39, 0.29) is 17.9 Å². The fourth-order valence-electron chi connectivity index (χ4n) is 1.69. The molecule has 94 valence electrons. The van der Waals surface area contributed by atoms with Crippen molar-refractivity contribution in [3.8, 4) is 0 Å². The molecule has 0 aromatic carbocycles. The maximum atomic E-state index is 11.5. The van der Waals surface area contributed by atoms with Gasteiger partial charge in [-0.05, 0) is 6.54 Å². The van der Waals surface area contributed by atoms with Crippen LogP contribution in [0, 0.1) is 5.92 Å². The van der Waals surface area contributed by atoms with Crippen molar-refractivity contribution < 1.29 is 9.53 Å². The van der Waals surface area contributed by atoms with E-state index in [9.17, 15) is 4.79 Å². The quantitative estimate of drug-likeness (QED) is 0.662. The molecule has 1 heterocycles. The third-order valence-electron chi connectivity index (χ3n) is 2.98. The average molecular weight is 229 g/mol. The lowest BCUT2D eigenvalue weighted by atomic mass is 10.1. The number of hydrogen-bond acceptors (Lipinski definition) is 4. The molecule has 0 aliphatic carbocycles. The highest BCUT2D eigenvalue weighted by Gasteiger charge is 2.20. The maximum Gasteiger partial charge on any atom is 0.224 e. The summed E-state index contributed by atoms with van der Waals surface area (Å²) in [6, 6.07) is 0. The summed E-state index contributed by atoms with van der Waals surface area (Å²) in [4.78, 5) is 13.8. The van der Waals surface area contributed by atoms with Crippen molar-refractivity contribution in [1.82, 2.24) is 10.2 Å². The van der Waals surface area contributed by atoms with Gasteiger partial charge in [0.25, 0.3) is 0 Å². The van der Waals surface area contributed by atoms with Gasteiger partial charge < -0.3 is 15.8 Å². The smallest absolute Gasteiger partial charge is 0.224 e. The molecule has 0 aromatic heterocycles. The van der Waals surface area contributed by atoms with Crippen LogP contribution in [0.2, 0.25) is 0 Å². The van der Waals surface area contributed by atoms with E-state index in [2.05, 4.69) is 17.1 Å². The number of hydrogen-bond donors (Lipinski definition) is 2. The topological polar surface area (TPSA) is 67.6 Å². The summed E-state index contributed by atoms with van der Waals surface area (Å²) < 4.78 is 5.59. The zero-order valence-electron chi connectivity index (χ0n) is 10.2. The fourth-order valence-corrected chi connectivity index (χ4v) is 1.69. The molecule has 3 N–H and O–H groups in total. The number of carbonyl (C=O) groups is 1. The summed E-state index contributed by atoms with van der Waals surface area (Å²) in [5, 5.41) is 2.88. The van der Waals surface area contributed by atoms with Crippen molar-refractivity contribution in [2.24, 2.45) is 11.7 Å². The van der Waals surface area contributed by atoms with Crippen LogP contribution in [0.4, 0.5) is 0 Å². The number of nitrogens with two attached hydrogens (primary N) is 1. The number of nitrogens with one attached hydrogen (secondary N) is 1. The first kappa shape index (κ1) is 13.4. The molecule has 0 saturated carbocycles. The average Bonchev–Trinajstić information content (AvgIpc) is 2.35. The van der Waals surface area contributed by atoms with Gasteiger partial charge in [-0.2, -0.15) is 0 Å². The number of rotatable bonds is 5. The highest BCUT2D eigenvalue weighted by Crippen LogP contribution is 2.04. The molecule has 5 nitrogen and oxygen atoms in total. The van der Waals surface area contributed by atoms with Gasteiger partial charge in [-0.3, -0.25) is 9.69 Å². The van der Waals surface area contributed by atoms with Gasteiger partial charge in [0.05, 0.1) is 12.7 Å². The van der Waals surface area contributed by atoms with E-state index >= 15 is 0 Å². The first-order chi connectivity index (χ1) is 7.67. The summed E-state index contributed by atoms with van der Waals surface area (Å²) in [6.45, 7) is 8.60. The molecule has 1 fully saturated rings. The first-order valence-corrected chi connectivity index (χ1v) is 5.99. The second kappa shape index (κ2) is 6.83. The Morgan fingerprint density at radius 3 is 3.06 bits per heavy atom. The lowest BCUT2D eigenvalue weighted by Gasteiger charge is -2.32. The minimum absolute atomic E-state index is 0.0136. The van der Waals surface area contributed by atoms with E-state index in [4.69, 9.17) is 10.5 Å². The minimum Gasteiger partial charge on any atom is -0.374 e. The molecule has 2 unspecified atom stereocenters. The van der Waals surface area contributed by atoms with Crippen LogP contribution in [0.1, 0.15) is 13.8 Å². The molecule has 0 aromatic rings. The van der Waals surface area contributed by atoms with Gasteiger partial charge in [-0.1, -0.05) is 13.8 Å². The van der Waals surface area contributed by atoms with Crippen LogP contribution in [0.15, 0.2) is 0 Å². The highest BCUT2D eigenvalue weighted by molar-refractivity contribution is 5.78. The van der Waals surface area contributed by atoms with Gasteiger partial charge in [-0.15, -0.1) is 0 Å². The molecule has 0 bridgehead atoms. The predicted molar refractivity (Wildman–Crippen MR) is 63.1 cm³/mol. The van der Waals surface area contributed by atoms with Gasteiger partial charge in [0.2, 0.25) is 5.91 Å². The molecule has 16 heavy (non-hydrogen) atoms. The summed E-state index contributed by atoms with van der Waals surface area (Å²) >= 11 is 0. The van der Waals surface area contributed by atoms with Crippen molar-refractivity contribution in [1.29, 1.82) is 0 Å². The van der Waals surface area contributed by atoms with Crippen LogP contribution in [0.3, 0.4) is 0 Å². The zero-order chi connectivity index (χ0) is 12.0. The number of ether oxygens (including phenoxy) is 1. The molecule has 1 amide bonds. The van der Waals surface area contributed by atoms with Crippen LogP contribution in [-0.2, 0) is 9.53 Å². The largest absolute Gasteiger partial charge is 0.374 e. The lowest BCUT2D eigenvalue weighted by Crippen LogP contribution is -2.48. The Morgan fingerprint density at radius 1 is 1.69 bits per heavy atom. The van der Waals surface area contributed by atoms with E-state index in [1.54, 1.807) is 0 Å². The molecule has 1 rings (SSSR count). The number of morpholine rings is 1. The molecule has 1 aliphatic heterocycles. The molecule has 5 heteroatoms. The normalized spacial score (nSPS) is 24.1. The van der Waals surface area contributed by atoms with Crippen molar-refractivity contribution in [3.05, 3.63) is 0 Å². The van der Waals surface area contributed by atoms with Gasteiger partial charge in [0.1, 0.15) is 0 Å². The molecule has 0 radical (unpaired) electrons. The van der Waals surface area contributed by atoms with E-state index in [0.717, 1.165) is 26.2 Å². The minimum atomic E-state index is -0.120. The summed E-state index contributed by atoms with van der Waals surface area (Å²) in [5.41, 5.74) is 5.42. The van der Waals surface area contributed by atoms with Crippen LogP contribution in [-0.4, -0.2) is 56.2 Å². The Labute approximate surface area is 97.3 Å². The second-order valence-electron chi connectivity index (χ2n) is 4.27. The van der Waals surface area contributed by atoms with Crippen LogP contribution in [0.25, 0.3) is 0 Å². The number of amides is 1. The van der Waals surface area contributed by atoms with Crippen molar-refractivity contribution >= 4 is 5.91 Å². The van der Waals surface area contributed by atoms with Crippen molar-refractivity contribution in [2.45, 2.75) is 20.0 Å². The molecular formula is C11H23N3O2. The molecule has 2 atom stereocenters. The van der Waals surface area contributed by atoms with Crippen LogP contribution in [0.5, 0.6) is 0 Å². The first-order valence-electron chi connectivity index (χ1n) is 5.99. The predicted octanol–water partition coefficient (Wildman–Crippen LogP) is -0.582. The Balaban J connectivity index is 2.24. The van der Waals surface area contributed by atoms with Gasteiger partial charge in [0.15, 0.2) is 0 Å². The van der Waals surface area contributed by atoms with Crippen molar-refractivity contribution in [2.75, 3.05) is 39.3 Å². The zero-order valence-corrected chi connectivity index (χ0v) is 10.2. The maximum absolute atomic E-state index is 11.5. The van der Waals surface area contributed by atoms with Gasteiger partial charge >= 0.3 is 0 Å². The van der Waals surface area contributed by atoms with Crippen molar-refractivity contribution in [3.63, 3.8) is 0 Å². The summed E-state index contributed by atoms with van der Waals surface area (Å²) in [5.74, 6) is -0.106. The lowest BCUT2D eigenvalue weighted by molar-refractivity contribution is -0.125. The fraction of sp³-hybridized carbons (Fsp3) is 0.909. The number of carbonyl (C=O) groups excluding carboxylic acids is 1. The number of likely N-dealkylation sites (N-methyl/N-ethyl adjacent to an activating group) is 1. The Kier molecular flexibility index (Phi) is 5.73. The number of nitrogens with zero attached hydrogens (tertiary/aromatic N) is 1. The monoisotopic (exact) mass is 229 g/mol. The van der Waals surface area contributed by atoms with E-state index in [0.29, 0.717) is 13.1 Å². The second-order valence-corrected chi connectivity index (χ2v) is 4.27. The third kappa shape index (κ3) is 4.08.